The number of anilines is 1. The van der Waals surface area contributed by atoms with Crippen LogP contribution in [-0.4, -0.2) is 44.5 Å². The molecule has 3 aromatic heterocycles. The third-order valence-electron chi connectivity index (χ3n) is 4.63. The molecular weight excluding hydrogens is 396 g/mol. The highest BCUT2D eigenvalue weighted by molar-refractivity contribution is 7.14. The molecule has 0 saturated heterocycles. The molecule has 10 nitrogen and oxygen atoms in total. The van der Waals surface area contributed by atoms with Gasteiger partial charge in [0.25, 0.3) is 11.5 Å². The molecule has 0 radical (unpaired) electrons. The predicted octanol–water partition coefficient (Wildman–Crippen LogP) is 0.969. The first-order valence-corrected chi connectivity index (χ1v) is 9.83. The van der Waals surface area contributed by atoms with E-state index in [0.29, 0.717) is 28.9 Å². The van der Waals surface area contributed by atoms with E-state index in [0.717, 1.165) is 10.4 Å². The van der Waals surface area contributed by atoms with Gasteiger partial charge in [-0.25, -0.2) is 4.79 Å². The normalized spacial score (nSPS) is 13.3. The van der Waals surface area contributed by atoms with Gasteiger partial charge < -0.3 is 26.9 Å². The average molecular weight is 418 g/mol. The summed E-state index contributed by atoms with van der Waals surface area (Å²) in [6.07, 6.45) is 2.46. The third-order valence-corrected chi connectivity index (χ3v) is 5.90. The van der Waals surface area contributed by atoms with Crippen LogP contribution in [0, 0.1) is 0 Å². The number of hydrogen-bond acceptors (Lipinski definition) is 7. The number of aromatic nitrogens is 3. The molecule has 0 aromatic carbocycles. The Balaban J connectivity index is 1.81. The van der Waals surface area contributed by atoms with Gasteiger partial charge in [-0.2, -0.15) is 4.98 Å². The fourth-order valence-corrected chi connectivity index (χ4v) is 4.07. The minimum atomic E-state index is -1.10. The van der Waals surface area contributed by atoms with Gasteiger partial charge >= 0.3 is 5.97 Å². The number of carboxylic acid groups (broad SMARTS) is 1. The molecule has 2 atom stereocenters. The van der Waals surface area contributed by atoms with E-state index < -0.39 is 17.9 Å². The summed E-state index contributed by atoms with van der Waals surface area (Å²) < 4.78 is 0. The molecule has 0 fully saturated rings. The maximum absolute atomic E-state index is 12.5. The molecule has 2 unspecified atom stereocenters. The molecule has 3 heterocycles. The molecule has 0 aliphatic carbocycles. The number of carbonyl (C=O) groups is 2. The summed E-state index contributed by atoms with van der Waals surface area (Å²) in [7, 11) is 0. The summed E-state index contributed by atoms with van der Waals surface area (Å²) in [6, 6.07) is 2.44. The van der Waals surface area contributed by atoms with Crippen molar-refractivity contribution in [1.29, 1.82) is 0 Å². The molecule has 0 aliphatic heterocycles. The lowest BCUT2D eigenvalue weighted by Crippen LogP contribution is -2.40. The van der Waals surface area contributed by atoms with E-state index in [1.54, 1.807) is 18.3 Å². The lowest BCUT2D eigenvalue weighted by Gasteiger charge is -2.13. The fraction of sp³-hybridized carbons (Fsp3) is 0.333. The van der Waals surface area contributed by atoms with E-state index in [1.807, 2.05) is 6.92 Å². The Hall–Kier alpha value is -3.18. The number of aliphatic carboxylic acids is 1. The first kappa shape index (κ1) is 20.6. The molecule has 29 heavy (non-hydrogen) atoms. The molecule has 11 heteroatoms. The van der Waals surface area contributed by atoms with Crippen LogP contribution in [0.2, 0.25) is 0 Å². The van der Waals surface area contributed by atoms with Gasteiger partial charge in [0.1, 0.15) is 11.7 Å². The van der Waals surface area contributed by atoms with E-state index in [4.69, 9.17) is 11.5 Å². The third kappa shape index (κ3) is 4.30. The number of rotatable bonds is 8. The summed E-state index contributed by atoms with van der Waals surface area (Å²) in [4.78, 5) is 46.8. The summed E-state index contributed by atoms with van der Waals surface area (Å²) >= 11 is 1.24. The standard InChI is InChI=1S/C18H22N6O4S/c1-8(9-7-21-14-13(9)16(26)24-18(20)23-14)11-4-5-12(29-11)15(25)22-10(17(27)28)3-2-6-19/h4-5,7-8,10H,2-3,6,19H2,1H3,(H,22,25)(H,27,28)(H4,20,21,23,24,26). The predicted molar refractivity (Wildman–Crippen MR) is 110 cm³/mol. The summed E-state index contributed by atoms with van der Waals surface area (Å²) in [5, 5.41) is 12.2. The molecule has 0 aliphatic rings. The van der Waals surface area contributed by atoms with Gasteiger partial charge in [0.05, 0.1) is 10.3 Å². The maximum atomic E-state index is 12.5. The Morgan fingerprint density at radius 1 is 1.38 bits per heavy atom. The Bertz CT molecular complexity index is 1100. The largest absolute Gasteiger partial charge is 0.480 e. The van der Waals surface area contributed by atoms with Crippen molar-refractivity contribution in [3.05, 3.63) is 44.0 Å². The van der Waals surface area contributed by atoms with Gasteiger partial charge in [-0.3, -0.25) is 14.6 Å². The highest BCUT2D eigenvalue weighted by Crippen LogP contribution is 2.32. The summed E-state index contributed by atoms with van der Waals surface area (Å²) in [5.74, 6) is -1.71. The van der Waals surface area contributed by atoms with Crippen molar-refractivity contribution >= 4 is 40.2 Å². The Morgan fingerprint density at radius 2 is 2.14 bits per heavy atom. The number of H-pyrrole nitrogens is 2. The Labute approximate surface area is 169 Å². The average Bonchev–Trinajstić information content (AvgIpc) is 3.31. The van der Waals surface area contributed by atoms with Crippen molar-refractivity contribution in [3.63, 3.8) is 0 Å². The number of nitrogens with zero attached hydrogens (tertiary/aromatic N) is 1. The first-order valence-electron chi connectivity index (χ1n) is 9.02. The molecule has 3 aromatic rings. The van der Waals surface area contributed by atoms with Crippen LogP contribution in [0.1, 0.15) is 45.8 Å². The van der Waals surface area contributed by atoms with Gasteiger partial charge in [-0.05, 0) is 37.1 Å². The molecule has 154 valence electrons. The molecule has 3 rings (SSSR count). The number of aromatic amines is 2. The van der Waals surface area contributed by atoms with Crippen molar-refractivity contribution in [1.82, 2.24) is 20.3 Å². The topological polar surface area (TPSA) is 180 Å². The van der Waals surface area contributed by atoms with E-state index in [2.05, 4.69) is 20.3 Å². The molecule has 8 N–H and O–H groups in total. The van der Waals surface area contributed by atoms with Crippen LogP contribution in [0.25, 0.3) is 11.0 Å². The lowest BCUT2D eigenvalue weighted by atomic mass is 10.0. The highest BCUT2D eigenvalue weighted by Gasteiger charge is 2.23. The maximum Gasteiger partial charge on any atom is 0.326 e. The van der Waals surface area contributed by atoms with Crippen LogP contribution in [-0.2, 0) is 4.79 Å². The fourth-order valence-electron chi connectivity index (χ4n) is 3.09. The summed E-state index contributed by atoms with van der Waals surface area (Å²) in [5.41, 5.74) is 11.8. The second-order valence-corrected chi connectivity index (χ2v) is 7.75. The second kappa shape index (κ2) is 8.45. The minimum absolute atomic E-state index is 0.0289. The SMILES string of the molecule is CC(c1ccc(C(=O)NC(CCCN)C(=O)O)s1)c1c[nH]c2nc(N)[nH]c(=O)c12. The van der Waals surface area contributed by atoms with Crippen LogP contribution < -0.4 is 22.3 Å². The smallest absolute Gasteiger partial charge is 0.326 e. The van der Waals surface area contributed by atoms with Crippen LogP contribution in [0.15, 0.2) is 23.1 Å². The summed E-state index contributed by atoms with van der Waals surface area (Å²) in [6.45, 7) is 2.26. The van der Waals surface area contributed by atoms with Crippen LogP contribution >= 0.6 is 11.3 Å². The quantitative estimate of drug-likeness (QED) is 0.315. The number of nitrogens with two attached hydrogens (primary N) is 2. The van der Waals surface area contributed by atoms with Crippen molar-refractivity contribution in [2.45, 2.75) is 31.7 Å². The number of carboxylic acids is 1. The number of amides is 1. The van der Waals surface area contributed by atoms with E-state index >= 15 is 0 Å². The number of carbonyl (C=O) groups excluding carboxylic acids is 1. The van der Waals surface area contributed by atoms with Gasteiger partial charge in [0.2, 0.25) is 5.95 Å². The zero-order valence-corrected chi connectivity index (χ0v) is 16.5. The molecule has 0 saturated carbocycles. The van der Waals surface area contributed by atoms with Crippen molar-refractivity contribution in [2.75, 3.05) is 12.3 Å². The Morgan fingerprint density at radius 3 is 2.83 bits per heavy atom. The number of fused-ring (bicyclic) bond motifs is 1. The van der Waals surface area contributed by atoms with Crippen molar-refractivity contribution in [2.24, 2.45) is 5.73 Å². The highest BCUT2D eigenvalue weighted by atomic mass is 32.1. The number of nitrogens with one attached hydrogen (secondary N) is 3. The van der Waals surface area contributed by atoms with E-state index in [9.17, 15) is 19.5 Å². The van der Waals surface area contributed by atoms with Gasteiger partial charge in [-0.1, -0.05) is 6.92 Å². The lowest BCUT2D eigenvalue weighted by molar-refractivity contribution is -0.139. The Kier molecular flexibility index (Phi) is 5.99. The van der Waals surface area contributed by atoms with E-state index in [1.165, 1.54) is 11.3 Å². The van der Waals surface area contributed by atoms with Crippen molar-refractivity contribution in [3.8, 4) is 0 Å². The number of nitrogen functional groups attached to an aromatic ring is 1. The van der Waals surface area contributed by atoms with Gasteiger partial charge in [-0.15, -0.1) is 11.3 Å². The number of thiophene rings is 1. The monoisotopic (exact) mass is 418 g/mol. The molecular formula is C18H22N6O4S. The van der Waals surface area contributed by atoms with Crippen LogP contribution in [0.4, 0.5) is 5.95 Å². The van der Waals surface area contributed by atoms with E-state index in [-0.39, 0.29) is 23.8 Å². The van der Waals surface area contributed by atoms with Crippen LogP contribution in [0.5, 0.6) is 0 Å². The van der Waals surface area contributed by atoms with Gasteiger partial charge in [0.15, 0.2) is 0 Å². The minimum Gasteiger partial charge on any atom is -0.480 e. The molecule has 0 bridgehead atoms. The van der Waals surface area contributed by atoms with Gasteiger partial charge in [0, 0.05) is 17.0 Å². The zero-order valence-electron chi connectivity index (χ0n) is 15.7. The number of hydrogen-bond donors (Lipinski definition) is 6. The van der Waals surface area contributed by atoms with Crippen LogP contribution in [0.3, 0.4) is 0 Å². The second-order valence-electron chi connectivity index (χ2n) is 6.64. The zero-order chi connectivity index (χ0) is 21.1. The molecule has 1 amide bonds. The molecule has 0 spiro atoms. The van der Waals surface area contributed by atoms with Crippen molar-refractivity contribution < 1.29 is 14.7 Å². The first-order chi connectivity index (χ1) is 13.8.